The van der Waals surface area contributed by atoms with E-state index in [1.165, 1.54) is 0 Å². The van der Waals surface area contributed by atoms with E-state index in [4.69, 9.17) is 5.73 Å². The van der Waals surface area contributed by atoms with Crippen LogP contribution in [0.25, 0.3) is 0 Å². The van der Waals surface area contributed by atoms with E-state index in [-0.39, 0.29) is 24.2 Å². The maximum Gasteiger partial charge on any atom is 0.251 e. The zero-order chi connectivity index (χ0) is 16.9. The Morgan fingerprint density at radius 3 is 2.57 bits per heavy atom. The standard InChI is InChI=1S/C16H25N3O3S/c1-2-23(21,22)18-11-12-6-8-13(9-7-12)16(20)19-15-5-3-4-14(15)10-17/h6-9,14-15,18H,2-5,10-11,17H2,1H3,(H,19,20). The number of carbonyl (C=O) groups excluding carboxylic acids is 1. The predicted molar refractivity (Wildman–Crippen MR) is 90.4 cm³/mol. The van der Waals surface area contributed by atoms with Gasteiger partial charge in [0, 0.05) is 18.2 Å². The highest BCUT2D eigenvalue weighted by Gasteiger charge is 2.27. The fourth-order valence-electron chi connectivity index (χ4n) is 2.83. The molecule has 0 saturated heterocycles. The first-order chi connectivity index (χ1) is 10.9. The quantitative estimate of drug-likeness (QED) is 0.689. The molecule has 0 aliphatic heterocycles. The molecule has 0 heterocycles. The number of rotatable bonds is 7. The summed E-state index contributed by atoms with van der Waals surface area (Å²) in [7, 11) is -3.21. The number of nitrogens with one attached hydrogen (secondary N) is 2. The minimum absolute atomic E-state index is 0.0528. The summed E-state index contributed by atoms with van der Waals surface area (Å²) in [6.45, 7) is 2.42. The Morgan fingerprint density at radius 2 is 1.96 bits per heavy atom. The molecule has 6 nitrogen and oxygen atoms in total. The molecule has 2 rings (SSSR count). The number of sulfonamides is 1. The lowest BCUT2D eigenvalue weighted by atomic mass is 10.0. The number of amides is 1. The van der Waals surface area contributed by atoms with Crippen LogP contribution in [0.1, 0.15) is 42.1 Å². The Labute approximate surface area is 137 Å². The molecule has 0 aromatic heterocycles. The zero-order valence-electron chi connectivity index (χ0n) is 13.4. The van der Waals surface area contributed by atoms with E-state index in [1.807, 2.05) is 0 Å². The SMILES string of the molecule is CCS(=O)(=O)NCc1ccc(C(=O)NC2CCCC2CN)cc1. The highest BCUT2D eigenvalue weighted by molar-refractivity contribution is 7.89. The van der Waals surface area contributed by atoms with Crippen molar-refractivity contribution >= 4 is 15.9 Å². The number of hydrogen-bond acceptors (Lipinski definition) is 4. The van der Waals surface area contributed by atoms with E-state index in [1.54, 1.807) is 31.2 Å². The lowest BCUT2D eigenvalue weighted by molar-refractivity contribution is 0.0928. The maximum atomic E-state index is 12.3. The first-order valence-corrected chi connectivity index (χ1v) is 9.67. The first-order valence-electron chi connectivity index (χ1n) is 8.02. The van der Waals surface area contributed by atoms with Gasteiger partial charge in [0.25, 0.3) is 5.91 Å². The van der Waals surface area contributed by atoms with Crippen LogP contribution in [0.3, 0.4) is 0 Å². The summed E-state index contributed by atoms with van der Waals surface area (Å²) in [5.41, 5.74) is 7.13. The Kier molecular flexibility index (Phi) is 6.15. The van der Waals surface area contributed by atoms with Crippen molar-refractivity contribution in [1.82, 2.24) is 10.0 Å². The summed E-state index contributed by atoms with van der Waals surface area (Å²) < 4.78 is 25.3. The molecule has 23 heavy (non-hydrogen) atoms. The molecular weight excluding hydrogens is 314 g/mol. The van der Waals surface area contributed by atoms with Gasteiger partial charge in [0.15, 0.2) is 0 Å². The van der Waals surface area contributed by atoms with Crippen LogP contribution < -0.4 is 15.8 Å². The van der Waals surface area contributed by atoms with Crippen molar-refractivity contribution < 1.29 is 13.2 Å². The second-order valence-electron chi connectivity index (χ2n) is 5.93. The summed E-state index contributed by atoms with van der Waals surface area (Å²) >= 11 is 0. The lowest BCUT2D eigenvalue weighted by Gasteiger charge is -2.19. The molecule has 128 valence electrons. The van der Waals surface area contributed by atoms with Crippen LogP contribution in [0.2, 0.25) is 0 Å². The van der Waals surface area contributed by atoms with Gasteiger partial charge in [-0.1, -0.05) is 18.6 Å². The van der Waals surface area contributed by atoms with E-state index in [2.05, 4.69) is 10.0 Å². The average Bonchev–Trinajstić information content (AvgIpc) is 3.00. The Bertz CT molecular complexity index is 628. The third-order valence-corrected chi connectivity index (χ3v) is 5.71. The van der Waals surface area contributed by atoms with E-state index < -0.39 is 10.0 Å². The van der Waals surface area contributed by atoms with Crippen LogP contribution in [0.5, 0.6) is 0 Å². The van der Waals surface area contributed by atoms with E-state index in [0.717, 1.165) is 24.8 Å². The highest BCUT2D eigenvalue weighted by Crippen LogP contribution is 2.24. The number of hydrogen-bond donors (Lipinski definition) is 3. The molecule has 2 unspecified atom stereocenters. The lowest BCUT2D eigenvalue weighted by Crippen LogP contribution is -2.39. The molecule has 0 spiro atoms. The normalized spacial score (nSPS) is 21.3. The largest absolute Gasteiger partial charge is 0.349 e. The van der Waals surface area contributed by atoms with Gasteiger partial charge < -0.3 is 11.1 Å². The van der Waals surface area contributed by atoms with Crippen LogP contribution in [0.15, 0.2) is 24.3 Å². The van der Waals surface area contributed by atoms with Gasteiger partial charge in [-0.2, -0.15) is 0 Å². The molecule has 0 bridgehead atoms. The van der Waals surface area contributed by atoms with Crippen LogP contribution >= 0.6 is 0 Å². The minimum atomic E-state index is -3.21. The monoisotopic (exact) mass is 339 g/mol. The Balaban J connectivity index is 1.92. The van der Waals surface area contributed by atoms with E-state index in [0.29, 0.717) is 18.0 Å². The summed E-state index contributed by atoms with van der Waals surface area (Å²) in [4.78, 5) is 12.3. The minimum Gasteiger partial charge on any atom is -0.349 e. The summed E-state index contributed by atoms with van der Waals surface area (Å²) in [6.07, 6.45) is 3.14. The molecule has 1 saturated carbocycles. The fraction of sp³-hybridized carbons (Fsp3) is 0.562. The molecule has 1 amide bonds. The van der Waals surface area contributed by atoms with Crippen LogP contribution in [-0.4, -0.2) is 32.7 Å². The van der Waals surface area contributed by atoms with E-state index in [9.17, 15) is 13.2 Å². The van der Waals surface area contributed by atoms with Gasteiger partial charge in [-0.05, 0) is 49.9 Å². The van der Waals surface area contributed by atoms with Gasteiger partial charge in [-0.25, -0.2) is 13.1 Å². The summed E-state index contributed by atoms with van der Waals surface area (Å²) in [6, 6.07) is 7.13. The van der Waals surface area contributed by atoms with Gasteiger partial charge >= 0.3 is 0 Å². The Hall–Kier alpha value is -1.44. The first kappa shape index (κ1) is 17.9. The molecule has 1 aliphatic rings. The third-order valence-electron chi connectivity index (χ3n) is 4.37. The van der Waals surface area contributed by atoms with E-state index >= 15 is 0 Å². The number of carbonyl (C=O) groups is 1. The predicted octanol–water partition coefficient (Wildman–Crippen LogP) is 0.983. The smallest absolute Gasteiger partial charge is 0.251 e. The molecule has 1 aromatic carbocycles. The number of nitrogens with two attached hydrogens (primary N) is 1. The van der Waals surface area contributed by atoms with Crippen molar-refractivity contribution in [3.05, 3.63) is 35.4 Å². The molecular formula is C16H25N3O3S. The fourth-order valence-corrected chi connectivity index (χ4v) is 3.42. The van der Waals surface area contributed by atoms with Crippen molar-refractivity contribution in [3.63, 3.8) is 0 Å². The Morgan fingerprint density at radius 1 is 1.26 bits per heavy atom. The van der Waals surface area contributed by atoms with Gasteiger partial charge in [-0.3, -0.25) is 4.79 Å². The van der Waals surface area contributed by atoms with Crippen molar-refractivity contribution in [2.75, 3.05) is 12.3 Å². The third kappa shape index (κ3) is 5.02. The topological polar surface area (TPSA) is 101 Å². The van der Waals surface area contributed by atoms with Crippen molar-refractivity contribution in [2.45, 2.75) is 38.8 Å². The average molecular weight is 339 g/mol. The zero-order valence-corrected chi connectivity index (χ0v) is 14.2. The number of benzene rings is 1. The highest BCUT2D eigenvalue weighted by atomic mass is 32.2. The molecule has 1 aliphatic carbocycles. The van der Waals surface area contributed by atoms with Crippen molar-refractivity contribution in [3.8, 4) is 0 Å². The van der Waals surface area contributed by atoms with Crippen LogP contribution in [-0.2, 0) is 16.6 Å². The van der Waals surface area contributed by atoms with Gasteiger partial charge in [0.1, 0.15) is 0 Å². The molecule has 4 N–H and O–H groups in total. The summed E-state index contributed by atoms with van der Waals surface area (Å²) in [5.74, 6) is 0.315. The second kappa shape index (κ2) is 7.90. The molecule has 1 aromatic rings. The van der Waals surface area contributed by atoms with Crippen molar-refractivity contribution in [2.24, 2.45) is 11.7 Å². The van der Waals surface area contributed by atoms with Gasteiger partial charge in [0.2, 0.25) is 10.0 Å². The molecule has 1 fully saturated rings. The van der Waals surface area contributed by atoms with Gasteiger partial charge in [-0.15, -0.1) is 0 Å². The molecule has 2 atom stereocenters. The second-order valence-corrected chi connectivity index (χ2v) is 8.02. The summed E-state index contributed by atoms with van der Waals surface area (Å²) in [5, 5.41) is 3.05. The van der Waals surface area contributed by atoms with Crippen LogP contribution in [0.4, 0.5) is 0 Å². The molecule has 7 heteroatoms. The molecule has 0 radical (unpaired) electrons. The van der Waals surface area contributed by atoms with Crippen LogP contribution in [0, 0.1) is 5.92 Å². The van der Waals surface area contributed by atoms with Gasteiger partial charge in [0.05, 0.1) is 5.75 Å². The maximum absolute atomic E-state index is 12.3. The van der Waals surface area contributed by atoms with Crippen molar-refractivity contribution in [1.29, 1.82) is 0 Å².